The van der Waals surface area contributed by atoms with Gasteiger partial charge in [-0.3, -0.25) is 9.69 Å². The van der Waals surface area contributed by atoms with E-state index in [9.17, 15) is 13.2 Å². The van der Waals surface area contributed by atoms with Crippen LogP contribution >= 0.6 is 27.7 Å². The average molecular weight is 611 g/mol. The first-order valence-corrected chi connectivity index (χ1v) is 15.9. The molecule has 2 aromatic rings. The highest BCUT2D eigenvalue weighted by atomic mass is 79.9. The number of carbonyl (C=O) groups excluding carboxylic acids is 1. The third-order valence-electron chi connectivity index (χ3n) is 6.75. The number of benzene rings is 2. The fourth-order valence-electron chi connectivity index (χ4n) is 4.94. The number of hydrogen-bond acceptors (Lipinski definition) is 6. The summed E-state index contributed by atoms with van der Waals surface area (Å²) in [5.74, 6) is 0.360. The second kappa shape index (κ2) is 13.1. The maximum atomic E-state index is 13.6. The van der Waals surface area contributed by atoms with Gasteiger partial charge in [0.05, 0.1) is 23.7 Å². The Kier molecular flexibility index (Phi) is 10.1. The number of halogens is 1. The highest BCUT2D eigenvalue weighted by molar-refractivity contribution is 9.10. The van der Waals surface area contributed by atoms with Crippen molar-refractivity contribution in [3.8, 4) is 0 Å². The van der Waals surface area contributed by atoms with E-state index in [0.29, 0.717) is 37.0 Å². The molecule has 2 aliphatic rings. The van der Waals surface area contributed by atoms with Crippen molar-refractivity contribution in [3.05, 3.63) is 52.5 Å². The SMILES string of the molecule is C[C@@H]1C[C@@H](C)CN(S(=O)(=O)c2ccc(Sc3ccc(Br)cc3)c(C(=O)NCCCN3CCOCC3)c2)C1. The van der Waals surface area contributed by atoms with Crippen LogP contribution in [-0.4, -0.2) is 76.0 Å². The standard InChI is InChI=1S/C27H36BrN3O4S2/c1-20-16-21(2)19-31(18-20)37(33,34)24-8-9-26(36-23-6-4-22(28)5-7-23)25(17-24)27(32)29-10-3-11-30-12-14-35-15-13-30/h4-9,17,20-21H,3,10-16,18-19H2,1-2H3,(H,29,32)/t20-,21-/m1/s1. The van der Waals surface area contributed by atoms with Crippen LogP contribution in [0.4, 0.5) is 0 Å². The lowest BCUT2D eigenvalue weighted by atomic mass is 9.94. The maximum absolute atomic E-state index is 13.6. The number of amides is 1. The van der Waals surface area contributed by atoms with Gasteiger partial charge in [0, 0.05) is 47.0 Å². The minimum atomic E-state index is -3.70. The van der Waals surface area contributed by atoms with Crippen LogP contribution in [0.3, 0.4) is 0 Å². The molecule has 2 aromatic carbocycles. The number of hydrogen-bond donors (Lipinski definition) is 1. The maximum Gasteiger partial charge on any atom is 0.252 e. The molecule has 2 atom stereocenters. The second-order valence-electron chi connectivity index (χ2n) is 10.0. The summed E-state index contributed by atoms with van der Waals surface area (Å²) in [5.41, 5.74) is 0.387. The lowest BCUT2D eigenvalue weighted by molar-refractivity contribution is 0.0374. The van der Waals surface area contributed by atoms with E-state index >= 15 is 0 Å². The first-order chi connectivity index (χ1) is 17.7. The molecule has 4 rings (SSSR count). The Hall–Kier alpha value is -1.43. The molecule has 2 fully saturated rings. The molecular formula is C27H36BrN3O4S2. The molecule has 10 heteroatoms. The molecule has 0 aromatic heterocycles. The van der Waals surface area contributed by atoms with Crippen molar-refractivity contribution in [1.29, 1.82) is 0 Å². The summed E-state index contributed by atoms with van der Waals surface area (Å²) in [7, 11) is -3.70. The molecule has 1 amide bonds. The number of nitrogens with zero attached hydrogens (tertiary/aromatic N) is 2. The lowest BCUT2D eigenvalue weighted by Crippen LogP contribution is -2.42. The second-order valence-corrected chi connectivity index (χ2v) is 14.0. The number of rotatable bonds is 9. The minimum absolute atomic E-state index is 0.174. The molecule has 2 heterocycles. The predicted molar refractivity (Wildman–Crippen MR) is 151 cm³/mol. The van der Waals surface area contributed by atoms with Gasteiger partial charge >= 0.3 is 0 Å². The number of sulfonamides is 1. The van der Waals surface area contributed by atoms with Crippen LogP contribution in [0.5, 0.6) is 0 Å². The third-order valence-corrected chi connectivity index (χ3v) is 10.2. The summed E-state index contributed by atoms with van der Waals surface area (Å²) < 4.78 is 35.1. The Morgan fingerprint density at radius 3 is 2.43 bits per heavy atom. The molecule has 0 saturated carbocycles. The molecule has 7 nitrogen and oxygen atoms in total. The van der Waals surface area contributed by atoms with Crippen molar-refractivity contribution in [1.82, 2.24) is 14.5 Å². The third kappa shape index (κ3) is 7.80. The number of carbonyl (C=O) groups is 1. The van der Waals surface area contributed by atoms with E-state index in [-0.39, 0.29) is 10.8 Å². The summed E-state index contributed by atoms with van der Waals surface area (Å²) in [5, 5.41) is 3.02. The topological polar surface area (TPSA) is 79.0 Å². The van der Waals surface area contributed by atoms with Gasteiger partial charge in [-0.2, -0.15) is 4.31 Å². The molecule has 37 heavy (non-hydrogen) atoms. The van der Waals surface area contributed by atoms with Crippen LogP contribution in [0.25, 0.3) is 0 Å². The highest BCUT2D eigenvalue weighted by Crippen LogP contribution is 2.34. The van der Waals surface area contributed by atoms with E-state index in [4.69, 9.17) is 4.74 Å². The van der Waals surface area contributed by atoms with Gasteiger partial charge in [0.15, 0.2) is 0 Å². The molecule has 202 valence electrons. The first-order valence-electron chi connectivity index (χ1n) is 12.9. The van der Waals surface area contributed by atoms with E-state index in [1.54, 1.807) is 22.5 Å². The fraction of sp³-hybridized carbons (Fsp3) is 0.519. The molecule has 2 aliphatic heterocycles. The summed E-state index contributed by atoms with van der Waals surface area (Å²) in [4.78, 5) is 17.6. The molecular weight excluding hydrogens is 574 g/mol. The van der Waals surface area contributed by atoms with Crippen LogP contribution in [0, 0.1) is 11.8 Å². The van der Waals surface area contributed by atoms with Crippen molar-refractivity contribution in [3.63, 3.8) is 0 Å². The lowest BCUT2D eigenvalue weighted by Gasteiger charge is -2.34. The Labute approximate surface area is 233 Å². The zero-order chi connectivity index (χ0) is 26.4. The van der Waals surface area contributed by atoms with Gasteiger partial charge in [-0.15, -0.1) is 0 Å². The van der Waals surface area contributed by atoms with Gasteiger partial charge in [-0.1, -0.05) is 41.5 Å². The summed E-state index contributed by atoms with van der Waals surface area (Å²) >= 11 is 4.91. The van der Waals surface area contributed by atoms with Crippen molar-refractivity contribution in [2.75, 3.05) is 52.5 Å². The van der Waals surface area contributed by atoms with E-state index in [0.717, 1.165) is 60.0 Å². The van der Waals surface area contributed by atoms with Gasteiger partial charge in [0.2, 0.25) is 10.0 Å². The fourth-order valence-corrected chi connectivity index (χ4v) is 7.84. The first kappa shape index (κ1) is 28.6. The Bertz CT molecular complexity index is 1160. The van der Waals surface area contributed by atoms with Crippen LogP contribution in [0.2, 0.25) is 0 Å². The van der Waals surface area contributed by atoms with E-state index in [1.165, 1.54) is 11.8 Å². The summed E-state index contributed by atoms with van der Waals surface area (Å²) in [6.45, 7) is 9.93. The molecule has 0 radical (unpaired) electrons. The largest absolute Gasteiger partial charge is 0.379 e. The molecule has 1 N–H and O–H groups in total. The number of morpholine rings is 1. The van der Waals surface area contributed by atoms with Crippen molar-refractivity contribution >= 4 is 43.6 Å². The predicted octanol–water partition coefficient (Wildman–Crippen LogP) is 4.72. The van der Waals surface area contributed by atoms with Crippen LogP contribution in [-0.2, 0) is 14.8 Å². The van der Waals surface area contributed by atoms with Crippen LogP contribution < -0.4 is 5.32 Å². The van der Waals surface area contributed by atoms with Gasteiger partial charge < -0.3 is 10.1 Å². The minimum Gasteiger partial charge on any atom is -0.379 e. The number of piperidine rings is 1. The Morgan fingerprint density at radius 2 is 1.76 bits per heavy atom. The molecule has 2 saturated heterocycles. The zero-order valence-corrected chi connectivity index (χ0v) is 24.7. The van der Waals surface area contributed by atoms with Gasteiger partial charge in [-0.25, -0.2) is 8.42 Å². The molecule has 0 unspecified atom stereocenters. The van der Waals surface area contributed by atoms with Crippen LogP contribution in [0.15, 0.2) is 61.6 Å². The molecule has 0 bridgehead atoms. The Balaban J connectivity index is 1.53. The van der Waals surface area contributed by atoms with Gasteiger partial charge in [-0.05, 0) is 73.7 Å². The quantitative estimate of drug-likeness (QED) is 0.415. The smallest absolute Gasteiger partial charge is 0.252 e. The normalized spacial score (nSPS) is 21.6. The zero-order valence-electron chi connectivity index (χ0n) is 21.5. The molecule has 0 aliphatic carbocycles. The summed E-state index contributed by atoms with van der Waals surface area (Å²) in [6.07, 6.45) is 1.84. The van der Waals surface area contributed by atoms with Gasteiger partial charge in [0.25, 0.3) is 5.91 Å². The molecule has 0 spiro atoms. The Morgan fingerprint density at radius 1 is 1.08 bits per heavy atom. The van der Waals surface area contributed by atoms with Crippen LogP contribution in [0.1, 0.15) is 37.0 Å². The monoisotopic (exact) mass is 609 g/mol. The number of nitrogens with one attached hydrogen (secondary N) is 1. The van der Waals surface area contributed by atoms with Crippen molar-refractivity contribution in [2.45, 2.75) is 41.4 Å². The van der Waals surface area contributed by atoms with E-state index in [2.05, 4.69) is 40.0 Å². The summed E-state index contributed by atoms with van der Waals surface area (Å²) in [6, 6.07) is 12.8. The van der Waals surface area contributed by atoms with E-state index < -0.39 is 10.0 Å². The van der Waals surface area contributed by atoms with Crippen molar-refractivity contribution < 1.29 is 17.9 Å². The van der Waals surface area contributed by atoms with E-state index in [1.807, 2.05) is 24.3 Å². The van der Waals surface area contributed by atoms with Crippen molar-refractivity contribution in [2.24, 2.45) is 11.8 Å². The number of ether oxygens (including phenoxy) is 1. The average Bonchev–Trinajstić information content (AvgIpc) is 2.88. The van der Waals surface area contributed by atoms with Gasteiger partial charge in [0.1, 0.15) is 0 Å². The highest BCUT2D eigenvalue weighted by Gasteiger charge is 2.32.